The average Bonchev–Trinajstić information content (AvgIpc) is 2.51. The number of nitrogens with one attached hydrogen (secondary N) is 2. The smallest absolute Gasteiger partial charge is 0.251 e. The minimum Gasteiger partial charge on any atom is -0.497 e. The predicted octanol–water partition coefficient (Wildman–Crippen LogP) is 1.30. The molecule has 2 atom stereocenters. The topological polar surface area (TPSA) is 93.4 Å². The maximum Gasteiger partial charge on any atom is 0.251 e. The molecule has 6 heteroatoms. The summed E-state index contributed by atoms with van der Waals surface area (Å²) in [5, 5.41) is 5.60. The highest BCUT2D eigenvalue weighted by molar-refractivity contribution is 5.97. The van der Waals surface area contributed by atoms with Crippen molar-refractivity contribution in [2.75, 3.05) is 13.7 Å². The Morgan fingerprint density at radius 2 is 1.78 bits per heavy atom. The van der Waals surface area contributed by atoms with Crippen LogP contribution in [-0.2, 0) is 4.79 Å². The van der Waals surface area contributed by atoms with Gasteiger partial charge in [0, 0.05) is 18.2 Å². The molecule has 128 valence electrons. The lowest BCUT2D eigenvalue weighted by atomic mass is 10.0. The van der Waals surface area contributed by atoms with E-state index >= 15 is 0 Å². The normalized spacial score (nSPS) is 13.3. The Hall–Kier alpha value is -2.08. The van der Waals surface area contributed by atoms with Gasteiger partial charge in [-0.1, -0.05) is 13.8 Å². The Labute approximate surface area is 137 Å². The zero-order valence-electron chi connectivity index (χ0n) is 14.3. The van der Waals surface area contributed by atoms with Gasteiger partial charge in [-0.25, -0.2) is 0 Å². The summed E-state index contributed by atoms with van der Waals surface area (Å²) in [6.45, 7) is 6.17. The fraction of sp³-hybridized carbons (Fsp3) is 0.529. The lowest BCUT2D eigenvalue weighted by Gasteiger charge is -2.22. The minimum absolute atomic E-state index is 0.0208. The van der Waals surface area contributed by atoms with Crippen LogP contribution >= 0.6 is 0 Å². The summed E-state index contributed by atoms with van der Waals surface area (Å²) in [6.07, 6.45) is 0.697. The average molecular weight is 321 g/mol. The summed E-state index contributed by atoms with van der Waals surface area (Å²) in [4.78, 5) is 24.5. The Morgan fingerprint density at radius 3 is 2.26 bits per heavy atom. The second kappa shape index (κ2) is 9.15. The maximum absolute atomic E-state index is 12.3. The molecule has 0 saturated heterocycles. The third-order valence-electron chi connectivity index (χ3n) is 3.49. The van der Waals surface area contributed by atoms with E-state index in [1.165, 1.54) is 0 Å². The number of hydrogen-bond acceptors (Lipinski definition) is 4. The molecule has 0 saturated carbocycles. The molecule has 0 bridgehead atoms. The Balaban J connectivity index is 2.66. The first-order chi connectivity index (χ1) is 10.8. The Bertz CT molecular complexity index is 512. The van der Waals surface area contributed by atoms with Gasteiger partial charge in [0.05, 0.1) is 7.11 Å². The number of ether oxygens (including phenoxy) is 1. The third kappa shape index (κ3) is 6.28. The Morgan fingerprint density at radius 1 is 1.17 bits per heavy atom. The van der Waals surface area contributed by atoms with Crippen molar-refractivity contribution in [3.8, 4) is 5.75 Å². The van der Waals surface area contributed by atoms with E-state index in [1.54, 1.807) is 31.4 Å². The molecule has 0 heterocycles. The van der Waals surface area contributed by atoms with Crippen molar-refractivity contribution in [1.82, 2.24) is 10.6 Å². The van der Waals surface area contributed by atoms with Gasteiger partial charge in [-0.05, 0) is 43.5 Å². The Kier molecular flexibility index (Phi) is 7.54. The standard InChI is InChI=1S/C17H27N3O3/c1-11(2)15(17(22)19-10-9-12(3)18)20-16(21)13-5-7-14(23-4)8-6-13/h5-8,11-12,15H,9-10,18H2,1-4H3,(H,19,22)(H,20,21). The van der Waals surface area contributed by atoms with Gasteiger partial charge in [-0.15, -0.1) is 0 Å². The number of nitrogens with two attached hydrogens (primary N) is 1. The number of carbonyl (C=O) groups excluding carboxylic acids is 2. The lowest BCUT2D eigenvalue weighted by Crippen LogP contribution is -2.50. The van der Waals surface area contributed by atoms with Crippen molar-refractivity contribution in [2.45, 2.75) is 39.3 Å². The van der Waals surface area contributed by atoms with Crippen LogP contribution in [0.1, 0.15) is 37.6 Å². The van der Waals surface area contributed by atoms with Crippen LogP contribution < -0.4 is 21.1 Å². The zero-order chi connectivity index (χ0) is 17.4. The first kappa shape index (κ1) is 19.0. The first-order valence-electron chi connectivity index (χ1n) is 7.83. The van der Waals surface area contributed by atoms with Crippen LogP contribution in [-0.4, -0.2) is 37.6 Å². The van der Waals surface area contributed by atoms with Crippen LogP contribution in [0, 0.1) is 5.92 Å². The molecular weight excluding hydrogens is 294 g/mol. The molecule has 0 spiro atoms. The summed E-state index contributed by atoms with van der Waals surface area (Å²) in [5.41, 5.74) is 6.15. The highest BCUT2D eigenvalue weighted by Gasteiger charge is 2.24. The van der Waals surface area contributed by atoms with Gasteiger partial charge in [0.25, 0.3) is 5.91 Å². The fourth-order valence-corrected chi connectivity index (χ4v) is 2.03. The molecule has 2 amide bonds. The van der Waals surface area contributed by atoms with Crippen molar-refractivity contribution in [1.29, 1.82) is 0 Å². The molecule has 0 aliphatic heterocycles. The predicted molar refractivity (Wildman–Crippen MR) is 90.4 cm³/mol. The molecular formula is C17H27N3O3. The van der Waals surface area contributed by atoms with E-state index in [4.69, 9.17) is 10.5 Å². The monoisotopic (exact) mass is 321 g/mol. The third-order valence-corrected chi connectivity index (χ3v) is 3.49. The molecule has 0 aliphatic carbocycles. The van der Waals surface area contributed by atoms with Gasteiger partial charge < -0.3 is 21.1 Å². The number of hydrogen-bond donors (Lipinski definition) is 3. The molecule has 23 heavy (non-hydrogen) atoms. The molecule has 4 N–H and O–H groups in total. The molecule has 0 aliphatic rings. The highest BCUT2D eigenvalue weighted by Crippen LogP contribution is 2.12. The number of rotatable bonds is 8. The van der Waals surface area contributed by atoms with Crippen LogP contribution in [0.5, 0.6) is 5.75 Å². The summed E-state index contributed by atoms with van der Waals surface area (Å²) >= 11 is 0. The van der Waals surface area contributed by atoms with Crippen LogP contribution in [0.25, 0.3) is 0 Å². The minimum atomic E-state index is -0.585. The first-order valence-corrected chi connectivity index (χ1v) is 7.83. The maximum atomic E-state index is 12.3. The van der Waals surface area contributed by atoms with E-state index < -0.39 is 6.04 Å². The molecule has 0 aromatic heterocycles. The summed E-state index contributed by atoms with van der Waals surface area (Å²) in [6, 6.07) is 6.20. The lowest BCUT2D eigenvalue weighted by molar-refractivity contribution is -0.123. The van der Waals surface area contributed by atoms with Crippen LogP contribution in [0.15, 0.2) is 24.3 Å². The molecule has 0 radical (unpaired) electrons. The molecule has 1 rings (SSSR count). The molecule has 2 unspecified atom stereocenters. The quantitative estimate of drug-likeness (QED) is 0.673. The van der Waals surface area contributed by atoms with Gasteiger partial charge >= 0.3 is 0 Å². The second-order valence-corrected chi connectivity index (χ2v) is 5.98. The zero-order valence-corrected chi connectivity index (χ0v) is 14.3. The van der Waals surface area contributed by atoms with Gasteiger partial charge in [0.15, 0.2) is 0 Å². The molecule has 6 nitrogen and oxygen atoms in total. The van der Waals surface area contributed by atoms with Crippen molar-refractivity contribution in [3.05, 3.63) is 29.8 Å². The van der Waals surface area contributed by atoms with Gasteiger partial charge in [-0.3, -0.25) is 9.59 Å². The number of carbonyl (C=O) groups is 2. The summed E-state index contributed by atoms with van der Waals surface area (Å²) in [7, 11) is 1.57. The van der Waals surface area contributed by atoms with E-state index in [0.29, 0.717) is 24.3 Å². The van der Waals surface area contributed by atoms with Crippen molar-refractivity contribution < 1.29 is 14.3 Å². The summed E-state index contributed by atoms with van der Waals surface area (Å²) < 4.78 is 5.06. The molecule has 1 aromatic carbocycles. The SMILES string of the molecule is COc1ccc(C(=O)NC(C(=O)NCCC(C)N)C(C)C)cc1. The van der Waals surface area contributed by atoms with E-state index in [2.05, 4.69) is 10.6 Å². The van der Waals surface area contributed by atoms with Crippen molar-refractivity contribution in [3.63, 3.8) is 0 Å². The molecule has 0 fully saturated rings. The van der Waals surface area contributed by atoms with E-state index in [1.807, 2.05) is 20.8 Å². The van der Waals surface area contributed by atoms with E-state index in [9.17, 15) is 9.59 Å². The summed E-state index contributed by atoms with van der Waals surface area (Å²) in [5.74, 6) is 0.180. The van der Waals surface area contributed by atoms with Crippen LogP contribution in [0.2, 0.25) is 0 Å². The van der Waals surface area contributed by atoms with Crippen molar-refractivity contribution >= 4 is 11.8 Å². The van der Waals surface area contributed by atoms with Gasteiger partial charge in [-0.2, -0.15) is 0 Å². The number of benzene rings is 1. The van der Waals surface area contributed by atoms with E-state index in [0.717, 1.165) is 0 Å². The largest absolute Gasteiger partial charge is 0.497 e. The number of amides is 2. The van der Waals surface area contributed by atoms with Crippen LogP contribution in [0.4, 0.5) is 0 Å². The fourth-order valence-electron chi connectivity index (χ4n) is 2.03. The van der Waals surface area contributed by atoms with E-state index in [-0.39, 0.29) is 23.8 Å². The molecule has 1 aromatic rings. The number of methoxy groups -OCH3 is 1. The highest BCUT2D eigenvalue weighted by atomic mass is 16.5. The van der Waals surface area contributed by atoms with Gasteiger partial charge in [0.2, 0.25) is 5.91 Å². The van der Waals surface area contributed by atoms with Crippen LogP contribution in [0.3, 0.4) is 0 Å². The van der Waals surface area contributed by atoms with Crippen molar-refractivity contribution in [2.24, 2.45) is 11.7 Å². The second-order valence-electron chi connectivity index (χ2n) is 5.98. The van der Waals surface area contributed by atoms with Gasteiger partial charge in [0.1, 0.15) is 11.8 Å².